The molecular formula is C22H30N2O5S. The van der Waals surface area contributed by atoms with E-state index in [4.69, 9.17) is 14.6 Å². The fraction of sp³-hybridized carbons (Fsp3) is 0.409. The van der Waals surface area contributed by atoms with E-state index in [9.17, 15) is 13.2 Å². The molecule has 30 heavy (non-hydrogen) atoms. The van der Waals surface area contributed by atoms with Gasteiger partial charge in [0.15, 0.2) is 5.37 Å². The fourth-order valence-corrected chi connectivity index (χ4v) is 4.12. The maximum atomic E-state index is 12.9. The second-order valence-corrected chi connectivity index (χ2v) is 9.60. The number of nitrogens with zero attached hydrogens (tertiary/aromatic N) is 1. The van der Waals surface area contributed by atoms with Crippen LogP contribution in [-0.2, 0) is 21.2 Å². The van der Waals surface area contributed by atoms with Crippen molar-refractivity contribution in [1.82, 2.24) is 4.90 Å². The largest absolute Gasteiger partial charge is 0.497 e. The predicted octanol–water partition coefficient (Wildman–Crippen LogP) is 3.85. The molecule has 8 heteroatoms. The Labute approximate surface area is 178 Å². The molecule has 0 radical (unpaired) electrons. The summed E-state index contributed by atoms with van der Waals surface area (Å²) >= 11 is 0. The van der Waals surface area contributed by atoms with E-state index in [1.807, 2.05) is 30.3 Å². The van der Waals surface area contributed by atoms with Gasteiger partial charge in [-0.25, -0.2) is 18.4 Å². The van der Waals surface area contributed by atoms with E-state index in [0.29, 0.717) is 24.2 Å². The van der Waals surface area contributed by atoms with Crippen molar-refractivity contribution in [2.75, 3.05) is 13.7 Å². The second kappa shape index (κ2) is 9.95. The van der Waals surface area contributed by atoms with E-state index >= 15 is 0 Å². The van der Waals surface area contributed by atoms with Gasteiger partial charge in [-0.1, -0.05) is 42.5 Å². The van der Waals surface area contributed by atoms with Gasteiger partial charge in [0.05, 0.1) is 7.11 Å². The van der Waals surface area contributed by atoms with Gasteiger partial charge in [-0.15, -0.1) is 0 Å². The Bertz CT molecular complexity index is 922. The smallest absolute Gasteiger partial charge is 0.411 e. The molecule has 2 aromatic rings. The Balaban J connectivity index is 2.34. The highest BCUT2D eigenvalue weighted by atomic mass is 32.2. The van der Waals surface area contributed by atoms with Crippen LogP contribution < -0.4 is 9.88 Å². The summed E-state index contributed by atoms with van der Waals surface area (Å²) in [5, 5.41) is 4.19. The molecule has 0 aliphatic rings. The third-order valence-corrected chi connectivity index (χ3v) is 5.48. The summed E-state index contributed by atoms with van der Waals surface area (Å²) in [6, 6.07) is 16.2. The Morgan fingerprint density at radius 2 is 1.67 bits per heavy atom. The van der Waals surface area contributed by atoms with Gasteiger partial charge in [-0.3, -0.25) is 4.90 Å². The van der Waals surface area contributed by atoms with Crippen molar-refractivity contribution < 1.29 is 22.7 Å². The highest BCUT2D eigenvalue weighted by Gasteiger charge is 2.36. The molecule has 0 unspecified atom stereocenters. The molecule has 0 saturated carbocycles. The number of rotatable bonds is 8. The molecule has 2 aromatic carbocycles. The summed E-state index contributed by atoms with van der Waals surface area (Å²) in [4.78, 5) is 14.1. The van der Waals surface area contributed by atoms with Gasteiger partial charge in [0.25, 0.3) is 0 Å². The molecule has 0 aliphatic heterocycles. The zero-order valence-corrected chi connectivity index (χ0v) is 18.7. The minimum Gasteiger partial charge on any atom is -0.497 e. The van der Waals surface area contributed by atoms with Crippen LogP contribution in [0.3, 0.4) is 0 Å². The maximum Gasteiger partial charge on any atom is 0.411 e. The van der Waals surface area contributed by atoms with Crippen LogP contribution in [0.5, 0.6) is 5.75 Å². The van der Waals surface area contributed by atoms with Crippen molar-refractivity contribution >= 4 is 16.1 Å². The lowest BCUT2D eigenvalue weighted by Crippen LogP contribution is -2.44. The van der Waals surface area contributed by atoms with E-state index in [2.05, 4.69) is 0 Å². The van der Waals surface area contributed by atoms with E-state index in [1.54, 1.807) is 45.0 Å². The molecule has 164 valence electrons. The Morgan fingerprint density at radius 3 is 2.17 bits per heavy atom. The number of benzene rings is 2. The molecule has 0 aliphatic carbocycles. The first-order chi connectivity index (χ1) is 14.0. The fourth-order valence-electron chi connectivity index (χ4n) is 3.04. The Morgan fingerprint density at radius 1 is 1.07 bits per heavy atom. The molecule has 2 rings (SSSR count). The molecule has 0 heterocycles. The number of amides is 1. The first-order valence-electron chi connectivity index (χ1n) is 9.70. The number of aryl methyl sites for hydroxylation is 1. The van der Waals surface area contributed by atoms with E-state index in [1.165, 1.54) is 12.0 Å². The molecule has 0 bridgehead atoms. The van der Waals surface area contributed by atoms with Crippen LogP contribution in [0.1, 0.15) is 43.7 Å². The van der Waals surface area contributed by atoms with Gasteiger partial charge >= 0.3 is 6.09 Å². The van der Waals surface area contributed by atoms with E-state index in [0.717, 1.165) is 5.56 Å². The van der Waals surface area contributed by atoms with Crippen LogP contribution in [-0.4, -0.2) is 38.7 Å². The van der Waals surface area contributed by atoms with Gasteiger partial charge in [0, 0.05) is 6.54 Å². The maximum absolute atomic E-state index is 12.9. The number of ether oxygens (including phenoxy) is 2. The minimum absolute atomic E-state index is 0.164. The van der Waals surface area contributed by atoms with Crippen LogP contribution in [0, 0.1) is 0 Å². The quantitative estimate of drug-likeness (QED) is 0.680. The lowest BCUT2D eigenvalue weighted by atomic mass is 10.1. The number of sulfonamides is 1. The summed E-state index contributed by atoms with van der Waals surface area (Å²) in [6.45, 7) is 5.35. The molecule has 1 atom stereocenters. The first kappa shape index (κ1) is 23.7. The van der Waals surface area contributed by atoms with Gasteiger partial charge in [-0.05, 0) is 56.9 Å². The zero-order valence-electron chi connectivity index (χ0n) is 17.9. The number of carbonyl (C=O) groups excluding carboxylic acids is 1. The summed E-state index contributed by atoms with van der Waals surface area (Å²) in [5.41, 5.74) is 0.680. The highest BCUT2D eigenvalue weighted by Crippen LogP contribution is 2.29. The lowest BCUT2D eigenvalue weighted by molar-refractivity contribution is 0.0216. The number of primary sulfonamides is 1. The van der Waals surface area contributed by atoms with Gasteiger partial charge in [-0.2, -0.15) is 0 Å². The third kappa shape index (κ3) is 7.03. The van der Waals surface area contributed by atoms with Crippen molar-refractivity contribution in [3.63, 3.8) is 0 Å². The summed E-state index contributed by atoms with van der Waals surface area (Å²) in [7, 11) is -2.63. The zero-order chi connectivity index (χ0) is 22.4. The number of methoxy groups -OCH3 is 1. The topological polar surface area (TPSA) is 98.9 Å². The molecule has 0 aromatic heterocycles. The van der Waals surface area contributed by atoms with Crippen molar-refractivity contribution in [3.05, 3.63) is 65.7 Å². The van der Waals surface area contributed by atoms with Gasteiger partial charge in [0.1, 0.15) is 11.4 Å². The molecule has 1 amide bonds. The molecule has 0 saturated heterocycles. The SMILES string of the molecule is COc1ccc([C@@H](N(CCCc2ccccc2)C(=O)OC(C)(C)C)S(N)(=O)=O)cc1. The Kier molecular flexibility index (Phi) is 7.86. The summed E-state index contributed by atoms with van der Waals surface area (Å²) in [5.74, 6) is 0.569. The van der Waals surface area contributed by atoms with Crippen molar-refractivity contribution in [2.45, 2.75) is 44.6 Å². The van der Waals surface area contributed by atoms with Crippen LogP contribution in [0.15, 0.2) is 54.6 Å². The van der Waals surface area contributed by atoms with Crippen molar-refractivity contribution in [3.8, 4) is 5.75 Å². The number of hydrogen-bond acceptors (Lipinski definition) is 5. The third-order valence-electron chi connectivity index (χ3n) is 4.33. The first-order valence-corrected chi connectivity index (χ1v) is 11.3. The van der Waals surface area contributed by atoms with Crippen molar-refractivity contribution in [1.29, 1.82) is 0 Å². The monoisotopic (exact) mass is 434 g/mol. The van der Waals surface area contributed by atoms with E-state index < -0.39 is 27.1 Å². The van der Waals surface area contributed by atoms with Crippen molar-refractivity contribution in [2.24, 2.45) is 5.14 Å². The average Bonchev–Trinajstić information content (AvgIpc) is 2.66. The summed E-state index contributed by atoms with van der Waals surface area (Å²) in [6.07, 6.45) is 0.497. The molecular weight excluding hydrogens is 404 g/mol. The van der Waals surface area contributed by atoms with Crippen LogP contribution in [0.25, 0.3) is 0 Å². The number of carbonyl (C=O) groups is 1. The average molecular weight is 435 g/mol. The summed E-state index contributed by atoms with van der Waals surface area (Å²) < 4.78 is 35.7. The molecule has 2 N–H and O–H groups in total. The number of hydrogen-bond donors (Lipinski definition) is 1. The minimum atomic E-state index is -4.15. The predicted molar refractivity (Wildman–Crippen MR) is 117 cm³/mol. The van der Waals surface area contributed by atoms with Crippen LogP contribution >= 0.6 is 0 Å². The second-order valence-electron chi connectivity index (χ2n) is 7.98. The standard InChI is InChI=1S/C22H30N2O5S/c1-22(2,3)29-21(25)24(16-8-11-17-9-6-5-7-10-17)20(30(23,26)27)18-12-14-19(28-4)15-13-18/h5-7,9-10,12-15,20H,8,11,16H2,1-4H3,(H2,23,26,27)/t20-/m0/s1. The van der Waals surface area contributed by atoms with Gasteiger partial charge < -0.3 is 9.47 Å². The normalized spacial score (nSPS) is 12.8. The molecule has 7 nitrogen and oxygen atoms in total. The van der Waals surface area contributed by atoms with Crippen LogP contribution in [0.2, 0.25) is 0 Å². The van der Waals surface area contributed by atoms with E-state index in [-0.39, 0.29) is 6.54 Å². The lowest BCUT2D eigenvalue weighted by Gasteiger charge is -2.32. The van der Waals surface area contributed by atoms with Gasteiger partial charge in [0.2, 0.25) is 10.0 Å². The number of nitrogens with two attached hydrogens (primary N) is 1. The molecule has 0 spiro atoms. The van der Waals surface area contributed by atoms with Crippen LogP contribution in [0.4, 0.5) is 4.79 Å². The highest BCUT2D eigenvalue weighted by molar-refractivity contribution is 7.89. The Hall–Kier alpha value is -2.58. The molecule has 0 fully saturated rings.